The summed E-state index contributed by atoms with van der Waals surface area (Å²) in [6.07, 6.45) is 3.02. The van der Waals surface area contributed by atoms with Crippen molar-refractivity contribution in [3.05, 3.63) is 35.2 Å². The van der Waals surface area contributed by atoms with E-state index in [0.29, 0.717) is 23.4 Å². The second-order valence-corrected chi connectivity index (χ2v) is 4.33. The zero-order valence-corrected chi connectivity index (χ0v) is 10.9. The van der Waals surface area contributed by atoms with Crippen LogP contribution in [-0.2, 0) is 13.2 Å². The normalized spacial score (nSPS) is 12.6. The van der Waals surface area contributed by atoms with Crippen LogP contribution in [0.5, 0.6) is 5.75 Å². The number of aliphatic hydroxyl groups is 1. The maximum atomic E-state index is 10.0. The van der Waals surface area contributed by atoms with E-state index in [-0.39, 0.29) is 18.4 Å². The molecule has 1 unspecified atom stereocenters. The first-order valence-corrected chi connectivity index (χ1v) is 5.99. The molecule has 0 saturated carbocycles. The Morgan fingerprint density at radius 1 is 1.42 bits per heavy atom. The van der Waals surface area contributed by atoms with Gasteiger partial charge in [-0.3, -0.25) is 10.1 Å². The fraction of sp³-hybridized carbons (Fsp3) is 0.417. The number of aryl methyl sites for hydroxylation is 1. The molecule has 0 spiro atoms. The van der Waals surface area contributed by atoms with E-state index in [1.165, 1.54) is 6.33 Å². The Balaban J connectivity index is 2.13. The molecule has 2 aromatic heterocycles. The maximum Gasteiger partial charge on any atom is 0.141 e. The van der Waals surface area contributed by atoms with Gasteiger partial charge in [-0.1, -0.05) is 0 Å². The van der Waals surface area contributed by atoms with Crippen molar-refractivity contribution in [2.24, 2.45) is 0 Å². The number of aliphatic hydroxyl groups excluding tert-OH is 1. The molecule has 0 fully saturated rings. The van der Waals surface area contributed by atoms with E-state index in [1.807, 2.05) is 6.92 Å². The summed E-state index contributed by atoms with van der Waals surface area (Å²) in [6.45, 7) is 3.91. The predicted molar refractivity (Wildman–Crippen MR) is 68.2 cm³/mol. The molecule has 2 aromatic rings. The Kier molecular flexibility index (Phi) is 4.08. The molecular weight excluding hydrogens is 246 g/mol. The van der Waals surface area contributed by atoms with Gasteiger partial charge in [0.05, 0.1) is 18.3 Å². The zero-order valence-electron chi connectivity index (χ0n) is 10.9. The van der Waals surface area contributed by atoms with Crippen LogP contribution in [0.4, 0.5) is 0 Å². The average Bonchev–Trinajstić information content (AvgIpc) is 2.94. The van der Waals surface area contributed by atoms with E-state index in [0.717, 1.165) is 5.82 Å². The molecule has 0 aliphatic heterocycles. The lowest BCUT2D eigenvalue weighted by atomic mass is 10.1. The smallest absolute Gasteiger partial charge is 0.141 e. The molecular formula is C12H17N5O2. The van der Waals surface area contributed by atoms with E-state index in [9.17, 15) is 10.2 Å². The lowest BCUT2D eigenvalue weighted by Gasteiger charge is -2.15. The highest BCUT2D eigenvalue weighted by atomic mass is 16.3. The number of hydrogen-bond donors (Lipinski definition) is 4. The van der Waals surface area contributed by atoms with Crippen LogP contribution in [0.15, 0.2) is 12.5 Å². The first kappa shape index (κ1) is 13.4. The van der Waals surface area contributed by atoms with E-state index in [4.69, 9.17) is 0 Å². The van der Waals surface area contributed by atoms with E-state index in [2.05, 4.69) is 25.5 Å². The molecule has 1 atom stereocenters. The molecule has 7 heteroatoms. The first-order valence-electron chi connectivity index (χ1n) is 5.99. The minimum absolute atomic E-state index is 0.0399. The van der Waals surface area contributed by atoms with Crippen LogP contribution in [0, 0.1) is 6.92 Å². The van der Waals surface area contributed by atoms with Crippen molar-refractivity contribution in [1.82, 2.24) is 25.5 Å². The van der Waals surface area contributed by atoms with Crippen molar-refractivity contribution in [2.75, 3.05) is 0 Å². The second kappa shape index (κ2) is 5.77. The van der Waals surface area contributed by atoms with Gasteiger partial charge in [0.15, 0.2) is 0 Å². The lowest BCUT2D eigenvalue weighted by molar-refractivity contribution is 0.278. The molecule has 0 aliphatic carbocycles. The summed E-state index contributed by atoms with van der Waals surface area (Å²) in [6, 6.07) is -0.0399. The van der Waals surface area contributed by atoms with Crippen LogP contribution in [0.2, 0.25) is 0 Å². The molecule has 0 amide bonds. The number of aromatic nitrogens is 4. The molecule has 19 heavy (non-hydrogen) atoms. The lowest BCUT2D eigenvalue weighted by Crippen LogP contribution is -2.20. The second-order valence-electron chi connectivity index (χ2n) is 4.33. The number of rotatable bonds is 5. The first-order chi connectivity index (χ1) is 9.13. The van der Waals surface area contributed by atoms with Gasteiger partial charge in [-0.25, -0.2) is 4.98 Å². The van der Waals surface area contributed by atoms with Gasteiger partial charge < -0.3 is 15.5 Å². The predicted octanol–water partition coefficient (Wildman–Crippen LogP) is 0.557. The summed E-state index contributed by atoms with van der Waals surface area (Å²) >= 11 is 0. The monoisotopic (exact) mass is 263 g/mol. The number of hydrogen-bond acceptors (Lipinski definition) is 6. The molecule has 0 saturated heterocycles. The van der Waals surface area contributed by atoms with Gasteiger partial charge >= 0.3 is 0 Å². The van der Waals surface area contributed by atoms with Crippen molar-refractivity contribution in [3.63, 3.8) is 0 Å². The third-order valence-electron chi connectivity index (χ3n) is 3.03. The van der Waals surface area contributed by atoms with Crippen LogP contribution in [-0.4, -0.2) is 30.4 Å². The molecule has 0 radical (unpaired) electrons. The summed E-state index contributed by atoms with van der Waals surface area (Å²) in [5, 5.41) is 29.1. The van der Waals surface area contributed by atoms with Gasteiger partial charge in [0.1, 0.15) is 17.9 Å². The molecule has 4 N–H and O–H groups in total. The number of nitrogens with one attached hydrogen (secondary N) is 2. The van der Waals surface area contributed by atoms with Crippen molar-refractivity contribution >= 4 is 0 Å². The highest BCUT2D eigenvalue weighted by Gasteiger charge is 2.14. The van der Waals surface area contributed by atoms with Crippen molar-refractivity contribution in [3.8, 4) is 5.75 Å². The van der Waals surface area contributed by atoms with Gasteiger partial charge in [-0.2, -0.15) is 5.10 Å². The third kappa shape index (κ3) is 2.88. The number of nitrogens with zero attached hydrogens (tertiary/aromatic N) is 3. The highest BCUT2D eigenvalue weighted by molar-refractivity contribution is 5.40. The minimum atomic E-state index is -0.158. The molecule has 0 bridgehead atoms. The Labute approximate surface area is 110 Å². The van der Waals surface area contributed by atoms with Crippen LogP contribution >= 0.6 is 0 Å². The SMILES string of the molecule is Cc1ncc(CO)c(CNC(C)c2ncn[nH]2)c1O. The molecule has 2 rings (SSSR count). The van der Waals surface area contributed by atoms with Gasteiger partial charge in [-0.05, 0) is 13.8 Å². The Bertz CT molecular complexity index is 541. The molecule has 2 heterocycles. The average molecular weight is 263 g/mol. The number of H-pyrrole nitrogens is 1. The largest absolute Gasteiger partial charge is 0.506 e. The summed E-state index contributed by atoms with van der Waals surface area (Å²) in [5.74, 6) is 0.833. The molecule has 0 aliphatic rings. The summed E-state index contributed by atoms with van der Waals surface area (Å²) in [4.78, 5) is 8.08. The fourth-order valence-corrected chi connectivity index (χ4v) is 1.79. The van der Waals surface area contributed by atoms with Gasteiger partial charge in [0.2, 0.25) is 0 Å². The summed E-state index contributed by atoms with van der Waals surface area (Å²) in [5.41, 5.74) is 1.81. The van der Waals surface area contributed by atoms with E-state index in [1.54, 1.807) is 13.1 Å². The fourth-order valence-electron chi connectivity index (χ4n) is 1.79. The van der Waals surface area contributed by atoms with Gasteiger partial charge in [-0.15, -0.1) is 0 Å². The third-order valence-corrected chi connectivity index (χ3v) is 3.03. The number of aromatic hydroxyl groups is 1. The summed E-state index contributed by atoms with van der Waals surface area (Å²) in [7, 11) is 0. The Hall–Kier alpha value is -1.99. The van der Waals surface area contributed by atoms with Crippen molar-refractivity contribution in [2.45, 2.75) is 33.0 Å². The van der Waals surface area contributed by atoms with Crippen LogP contribution in [0.25, 0.3) is 0 Å². The van der Waals surface area contributed by atoms with Crippen LogP contribution in [0.3, 0.4) is 0 Å². The minimum Gasteiger partial charge on any atom is -0.506 e. The van der Waals surface area contributed by atoms with Crippen LogP contribution < -0.4 is 5.32 Å². The van der Waals surface area contributed by atoms with Gasteiger partial charge in [0.25, 0.3) is 0 Å². The van der Waals surface area contributed by atoms with Crippen molar-refractivity contribution < 1.29 is 10.2 Å². The number of aromatic amines is 1. The van der Waals surface area contributed by atoms with Crippen molar-refractivity contribution in [1.29, 1.82) is 0 Å². The summed E-state index contributed by atoms with van der Waals surface area (Å²) < 4.78 is 0. The molecule has 7 nitrogen and oxygen atoms in total. The van der Waals surface area contributed by atoms with Gasteiger partial charge in [0, 0.05) is 23.9 Å². The highest BCUT2D eigenvalue weighted by Crippen LogP contribution is 2.24. The number of pyridine rings is 1. The zero-order chi connectivity index (χ0) is 13.8. The quantitative estimate of drug-likeness (QED) is 0.628. The van der Waals surface area contributed by atoms with E-state index >= 15 is 0 Å². The molecule has 0 aromatic carbocycles. The Morgan fingerprint density at radius 2 is 2.21 bits per heavy atom. The van der Waals surface area contributed by atoms with E-state index < -0.39 is 0 Å². The Morgan fingerprint density at radius 3 is 2.84 bits per heavy atom. The standard InChI is InChI=1S/C12H17N5O2/c1-7-11(19)10(9(5-18)3-13-7)4-14-8(2)12-15-6-16-17-12/h3,6,8,14,18-19H,4-5H2,1-2H3,(H,15,16,17). The molecule has 102 valence electrons. The van der Waals surface area contributed by atoms with Crippen LogP contribution in [0.1, 0.15) is 35.6 Å². The topological polar surface area (TPSA) is 107 Å². The maximum absolute atomic E-state index is 10.0.